The van der Waals surface area contributed by atoms with Crippen LogP contribution in [0.15, 0.2) is 35.1 Å². The van der Waals surface area contributed by atoms with Crippen LogP contribution < -0.4 is 15.6 Å². The molecule has 0 spiro atoms. The molecule has 5 nitrogen and oxygen atoms in total. The van der Waals surface area contributed by atoms with Gasteiger partial charge in [-0.15, -0.1) is 0 Å². The van der Waals surface area contributed by atoms with Gasteiger partial charge in [0.25, 0.3) is 5.56 Å². The molecule has 22 heavy (non-hydrogen) atoms. The maximum Gasteiger partial charge on any atom is 0.268 e. The van der Waals surface area contributed by atoms with Crippen molar-refractivity contribution in [3.8, 4) is 17.0 Å². The molecule has 2 N–H and O–H groups in total. The minimum Gasteiger partial charge on any atom is -0.493 e. The van der Waals surface area contributed by atoms with Crippen LogP contribution in [0.3, 0.4) is 0 Å². The van der Waals surface area contributed by atoms with Crippen molar-refractivity contribution in [2.45, 2.75) is 27.3 Å². The molecule has 1 heterocycles. The normalized spacial score (nSPS) is 10.9. The zero-order chi connectivity index (χ0) is 15.9. The number of aromatic amines is 1. The van der Waals surface area contributed by atoms with Crippen molar-refractivity contribution in [2.75, 3.05) is 13.2 Å². The summed E-state index contributed by atoms with van der Waals surface area (Å²) in [6.45, 7) is 8.29. The largest absolute Gasteiger partial charge is 0.493 e. The summed E-state index contributed by atoms with van der Waals surface area (Å²) in [6, 6.07) is 9.58. The van der Waals surface area contributed by atoms with Crippen LogP contribution in [-0.2, 0) is 6.54 Å². The molecule has 0 amide bonds. The lowest BCUT2D eigenvalue weighted by Crippen LogP contribution is -2.21. The van der Waals surface area contributed by atoms with Crippen LogP contribution in [-0.4, -0.2) is 23.3 Å². The van der Waals surface area contributed by atoms with Gasteiger partial charge in [0, 0.05) is 17.7 Å². The number of H-pyrrole nitrogens is 1. The molecule has 0 unspecified atom stereocenters. The van der Waals surface area contributed by atoms with E-state index in [-0.39, 0.29) is 5.56 Å². The van der Waals surface area contributed by atoms with Crippen molar-refractivity contribution in [3.63, 3.8) is 0 Å². The number of hydrogen-bond donors (Lipinski definition) is 2. The van der Waals surface area contributed by atoms with Gasteiger partial charge in [0.2, 0.25) is 0 Å². The van der Waals surface area contributed by atoms with Gasteiger partial charge >= 0.3 is 0 Å². The van der Waals surface area contributed by atoms with Gasteiger partial charge < -0.3 is 10.1 Å². The lowest BCUT2D eigenvalue weighted by molar-refractivity contribution is 0.271. The molecule has 5 heteroatoms. The Hall–Kier alpha value is -2.14. The highest BCUT2D eigenvalue weighted by Crippen LogP contribution is 2.20. The molecule has 0 radical (unpaired) electrons. The zero-order valence-corrected chi connectivity index (χ0v) is 13.3. The van der Waals surface area contributed by atoms with Crippen molar-refractivity contribution in [1.29, 1.82) is 0 Å². The van der Waals surface area contributed by atoms with Crippen LogP contribution in [0.5, 0.6) is 5.75 Å². The number of hydrogen-bond acceptors (Lipinski definition) is 4. The Morgan fingerprint density at radius 1 is 1.27 bits per heavy atom. The lowest BCUT2D eigenvalue weighted by atomic mass is 10.1. The van der Waals surface area contributed by atoms with Crippen molar-refractivity contribution >= 4 is 0 Å². The molecule has 0 saturated carbocycles. The van der Waals surface area contributed by atoms with Gasteiger partial charge in [-0.1, -0.05) is 20.8 Å². The van der Waals surface area contributed by atoms with Crippen LogP contribution in [0.25, 0.3) is 11.3 Å². The molecule has 118 valence electrons. The fourth-order valence-electron chi connectivity index (χ4n) is 1.97. The maximum absolute atomic E-state index is 11.7. The standard InChI is InChI=1S/C17H23N3O2/c1-4-18-10-14-9-16(19-20-17(14)21)13-5-7-15(8-6-13)22-11-12(2)3/h5-9,12,18H,4,10-11H2,1-3H3,(H,20,21). The number of nitrogens with zero attached hydrogens (tertiary/aromatic N) is 1. The van der Waals surface area contributed by atoms with E-state index in [4.69, 9.17) is 4.74 Å². The number of ether oxygens (including phenoxy) is 1. The van der Waals surface area contributed by atoms with Gasteiger partial charge in [-0.3, -0.25) is 4.79 Å². The highest BCUT2D eigenvalue weighted by atomic mass is 16.5. The predicted molar refractivity (Wildman–Crippen MR) is 88.0 cm³/mol. The van der Waals surface area contributed by atoms with E-state index in [9.17, 15) is 4.79 Å². The fourth-order valence-corrected chi connectivity index (χ4v) is 1.97. The Kier molecular flexibility index (Phi) is 5.72. The van der Waals surface area contributed by atoms with Gasteiger partial charge in [-0.05, 0) is 42.8 Å². The van der Waals surface area contributed by atoms with E-state index in [2.05, 4.69) is 29.4 Å². The van der Waals surface area contributed by atoms with E-state index in [1.807, 2.05) is 37.3 Å². The van der Waals surface area contributed by atoms with Crippen LogP contribution >= 0.6 is 0 Å². The Morgan fingerprint density at radius 2 is 2.00 bits per heavy atom. The van der Waals surface area contributed by atoms with Crippen LogP contribution in [0.1, 0.15) is 26.3 Å². The van der Waals surface area contributed by atoms with Gasteiger partial charge in [0.05, 0.1) is 12.3 Å². The minimum atomic E-state index is -0.151. The Labute approximate surface area is 130 Å². The topological polar surface area (TPSA) is 67.0 Å². The quantitative estimate of drug-likeness (QED) is 0.825. The lowest BCUT2D eigenvalue weighted by Gasteiger charge is -2.09. The van der Waals surface area contributed by atoms with E-state index >= 15 is 0 Å². The molecular weight excluding hydrogens is 278 g/mol. The second-order valence-corrected chi connectivity index (χ2v) is 5.62. The number of benzene rings is 1. The summed E-state index contributed by atoms with van der Waals surface area (Å²) in [4.78, 5) is 11.7. The Morgan fingerprint density at radius 3 is 2.64 bits per heavy atom. The summed E-state index contributed by atoms with van der Waals surface area (Å²) in [5, 5.41) is 9.82. The molecule has 0 fully saturated rings. The van der Waals surface area contributed by atoms with E-state index in [1.54, 1.807) is 0 Å². The molecule has 2 rings (SSSR count). The molecule has 0 aliphatic heterocycles. The van der Waals surface area contributed by atoms with Crippen molar-refractivity contribution in [3.05, 3.63) is 46.2 Å². The van der Waals surface area contributed by atoms with E-state index in [0.717, 1.165) is 23.6 Å². The van der Waals surface area contributed by atoms with E-state index < -0.39 is 0 Å². The summed E-state index contributed by atoms with van der Waals surface area (Å²) < 4.78 is 5.67. The second kappa shape index (κ2) is 7.75. The molecule has 0 atom stereocenters. The first-order chi connectivity index (χ1) is 10.6. The SMILES string of the molecule is CCNCc1cc(-c2ccc(OCC(C)C)cc2)n[nH]c1=O. The molecule has 0 saturated heterocycles. The van der Waals surface area contributed by atoms with Crippen molar-refractivity contribution < 1.29 is 4.74 Å². The average Bonchev–Trinajstić information content (AvgIpc) is 2.52. The first kappa shape index (κ1) is 16.2. The first-order valence-electron chi connectivity index (χ1n) is 7.62. The molecule has 0 aliphatic carbocycles. The predicted octanol–water partition coefficient (Wildman–Crippen LogP) is 2.58. The van der Waals surface area contributed by atoms with Crippen molar-refractivity contribution in [1.82, 2.24) is 15.5 Å². The van der Waals surface area contributed by atoms with Crippen LogP contribution in [0, 0.1) is 5.92 Å². The molecular formula is C17H23N3O2. The Bertz CT molecular complexity index is 648. The summed E-state index contributed by atoms with van der Waals surface area (Å²) in [5.74, 6) is 1.34. The van der Waals surface area contributed by atoms with Crippen LogP contribution in [0.4, 0.5) is 0 Å². The number of rotatable bonds is 7. The third kappa shape index (κ3) is 4.43. The molecule has 0 bridgehead atoms. The molecule has 2 aromatic rings. The van der Waals surface area contributed by atoms with E-state index in [1.165, 1.54) is 0 Å². The third-order valence-corrected chi connectivity index (χ3v) is 3.18. The number of nitrogens with one attached hydrogen (secondary N) is 2. The highest BCUT2D eigenvalue weighted by Gasteiger charge is 2.06. The second-order valence-electron chi connectivity index (χ2n) is 5.62. The average molecular weight is 301 g/mol. The first-order valence-corrected chi connectivity index (χ1v) is 7.62. The van der Waals surface area contributed by atoms with E-state index in [0.29, 0.717) is 24.6 Å². The Balaban J connectivity index is 2.15. The van der Waals surface area contributed by atoms with Crippen molar-refractivity contribution in [2.24, 2.45) is 5.92 Å². The molecule has 1 aromatic heterocycles. The summed E-state index contributed by atoms with van der Waals surface area (Å²) in [6.07, 6.45) is 0. The smallest absolute Gasteiger partial charge is 0.268 e. The number of aromatic nitrogens is 2. The summed E-state index contributed by atoms with van der Waals surface area (Å²) in [5.41, 5.74) is 2.24. The van der Waals surface area contributed by atoms with Crippen LogP contribution in [0.2, 0.25) is 0 Å². The molecule has 0 aliphatic rings. The molecule has 1 aromatic carbocycles. The minimum absolute atomic E-state index is 0.151. The third-order valence-electron chi connectivity index (χ3n) is 3.18. The monoisotopic (exact) mass is 301 g/mol. The zero-order valence-electron chi connectivity index (χ0n) is 13.3. The maximum atomic E-state index is 11.7. The highest BCUT2D eigenvalue weighted by molar-refractivity contribution is 5.60. The van der Waals surface area contributed by atoms with Gasteiger partial charge in [-0.25, -0.2) is 5.10 Å². The summed E-state index contributed by atoms with van der Waals surface area (Å²) >= 11 is 0. The fraction of sp³-hybridized carbons (Fsp3) is 0.412. The summed E-state index contributed by atoms with van der Waals surface area (Å²) in [7, 11) is 0. The van der Waals surface area contributed by atoms with Gasteiger partial charge in [-0.2, -0.15) is 5.10 Å². The van der Waals surface area contributed by atoms with Gasteiger partial charge in [0.15, 0.2) is 0 Å². The van der Waals surface area contributed by atoms with Gasteiger partial charge in [0.1, 0.15) is 5.75 Å².